The fourth-order valence-electron chi connectivity index (χ4n) is 1.92. The van der Waals surface area contributed by atoms with Gasteiger partial charge in [-0.2, -0.15) is 0 Å². The van der Waals surface area contributed by atoms with Crippen LogP contribution in [-0.4, -0.2) is 18.6 Å². The molecule has 110 valence electrons. The monoisotopic (exact) mass is 304 g/mol. The van der Waals surface area contributed by atoms with Crippen LogP contribution >= 0.6 is 11.8 Å². The summed E-state index contributed by atoms with van der Waals surface area (Å²) in [5, 5.41) is 14.4. The largest absolute Gasteiger partial charge is 0.497 e. The Labute approximate surface area is 127 Å². The summed E-state index contributed by atoms with van der Waals surface area (Å²) < 4.78 is 5.17. The molecule has 0 atom stereocenters. The van der Waals surface area contributed by atoms with Crippen molar-refractivity contribution in [2.24, 2.45) is 0 Å². The molecule has 0 aliphatic rings. The van der Waals surface area contributed by atoms with Gasteiger partial charge in [-0.05, 0) is 37.3 Å². The highest BCUT2D eigenvalue weighted by Crippen LogP contribution is 2.39. The number of hydrogen-bond acceptors (Lipinski definition) is 5. The first-order valence-corrected chi connectivity index (χ1v) is 7.30. The first-order valence-electron chi connectivity index (χ1n) is 6.49. The van der Waals surface area contributed by atoms with Gasteiger partial charge in [-0.3, -0.25) is 10.1 Å². The number of para-hydroxylation sites is 1. The van der Waals surface area contributed by atoms with Gasteiger partial charge in [0.15, 0.2) is 0 Å². The minimum atomic E-state index is -0.347. The Bertz CT molecular complexity index is 647. The molecule has 0 radical (unpaired) electrons. The van der Waals surface area contributed by atoms with E-state index in [1.54, 1.807) is 19.2 Å². The topological polar surface area (TPSA) is 64.4 Å². The number of ether oxygens (including phenoxy) is 1. The Kier molecular flexibility index (Phi) is 5.05. The van der Waals surface area contributed by atoms with Gasteiger partial charge in [0.05, 0.1) is 16.9 Å². The summed E-state index contributed by atoms with van der Waals surface area (Å²) in [5.41, 5.74) is 0.641. The minimum absolute atomic E-state index is 0.104. The van der Waals surface area contributed by atoms with E-state index in [-0.39, 0.29) is 10.6 Å². The van der Waals surface area contributed by atoms with Crippen LogP contribution in [0.15, 0.2) is 52.3 Å². The minimum Gasteiger partial charge on any atom is -0.497 e. The summed E-state index contributed by atoms with van der Waals surface area (Å²) in [4.78, 5) is 12.5. The number of nitro groups is 1. The summed E-state index contributed by atoms with van der Waals surface area (Å²) in [7, 11) is 1.60. The molecule has 0 heterocycles. The van der Waals surface area contributed by atoms with Crippen molar-refractivity contribution in [1.29, 1.82) is 0 Å². The first-order chi connectivity index (χ1) is 10.2. The van der Waals surface area contributed by atoms with Crippen LogP contribution in [0.4, 0.5) is 11.4 Å². The molecule has 5 nitrogen and oxygen atoms in total. The van der Waals surface area contributed by atoms with Crippen molar-refractivity contribution in [3.8, 4) is 5.75 Å². The lowest BCUT2D eigenvalue weighted by Gasteiger charge is -2.09. The zero-order valence-corrected chi connectivity index (χ0v) is 12.6. The standard InChI is InChI=1S/C15H16N2O3S/c1-3-16-13-8-5-9-14(15(13)17(18)19)21-12-7-4-6-11(10-12)20-2/h4-10,16H,3H2,1-2H3. The SMILES string of the molecule is CCNc1cccc(Sc2cccc(OC)c2)c1[N+](=O)[O-]. The smallest absolute Gasteiger partial charge is 0.306 e. The van der Waals surface area contributed by atoms with E-state index in [0.717, 1.165) is 10.6 Å². The highest BCUT2D eigenvalue weighted by atomic mass is 32.2. The number of nitro benzene ring substituents is 1. The number of nitrogens with zero attached hydrogens (tertiary/aromatic N) is 1. The summed E-state index contributed by atoms with van der Waals surface area (Å²) in [6.45, 7) is 2.54. The first kappa shape index (κ1) is 15.2. The zero-order chi connectivity index (χ0) is 15.2. The van der Waals surface area contributed by atoms with Crippen molar-refractivity contribution in [2.45, 2.75) is 16.7 Å². The molecule has 0 aromatic heterocycles. The van der Waals surface area contributed by atoms with Gasteiger partial charge >= 0.3 is 5.69 Å². The molecule has 0 unspecified atom stereocenters. The van der Waals surface area contributed by atoms with Crippen LogP contribution < -0.4 is 10.1 Å². The lowest BCUT2D eigenvalue weighted by molar-refractivity contribution is -0.386. The molecule has 2 rings (SSSR count). The van der Waals surface area contributed by atoms with Crippen LogP contribution in [0.5, 0.6) is 5.75 Å². The fourth-order valence-corrected chi connectivity index (χ4v) is 2.92. The van der Waals surface area contributed by atoms with E-state index < -0.39 is 0 Å². The summed E-state index contributed by atoms with van der Waals surface area (Å²) in [6.07, 6.45) is 0. The molecule has 0 bridgehead atoms. The second-order valence-electron chi connectivity index (χ2n) is 4.22. The van der Waals surface area contributed by atoms with E-state index in [0.29, 0.717) is 17.1 Å². The molecule has 0 aliphatic carbocycles. The Hall–Kier alpha value is -2.21. The maximum absolute atomic E-state index is 11.4. The Morgan fingerprint density at radius 1 is 1.29 bits per heavy atom. The number of hydrogen-bond donors (Lipinski definition) is 1. The molecule has 0 fully saturated rings. The lowest BCUT2D eigenvalue weighted by atomic mass is 10.2. The summed E-state index contributed by atoms with van der Waals surface area (Å²) in [6, 6.07) is 12.7. The molecule has 21 heavy (non-hydrogen) atoms. The Morgan fingerprint density at radius 3 is 2.71 bits per heavy atom. The van der Waals surface area contributed by atoms with Crippen LogP contribution in [0.1, 0.15) is 6.92 Å². The van der Waals surface area contributed by atoms with Crippen LogP contribution in [-0.2, 0) is 0 Å². The van der Waals surface area contributed by atoms with Crippen molar-refractivity contribution in [3.05, 3.63) is 52.6 Å². The third-order valence-electron chi connectivity index (χ3n) is 2.82. The van der Waals surface area contributed by atoms with Crippen LogP contribution in [0.3, 0.4) is 0 Å². The second-order valence-corrected chi connectivity index (χ2v) is 5.34. The molecule has 0 spiro atoms. The zero-order valence-electron chi connectivity index (χ0n) is 11.8. The van der Waals surface area contributed by atoms with E-state index >= 15 is 0 Å². The van der Waals surface area contributed by atoms with Gasteiger partial charge in [0.2, 0.25) is 0 Å². The number of methoxy groups -OCH3 is 1. The number of nitrogens with one attached hydrogen (secondary N) is 1. The predicted molar refractivity (Wildman–Crippen MR) is 84.4 cm³/mol. The van der Waals surface area contributed by atoms with E-state index in [9.17, 15) is 10.1 Å². The van der Waals surface area contributed by atoms with Crippen LogP contribution in [0, 0.1) is 10.1 Å². The van der Waals surface area contributed by atoms with E-state index in [4.69, 9.17) is 4.74 Å². The highest BCUT2D eigenvalue weighted by Gasteiger charge is 2.20. The predicted octanol–water partition coefficient (Wildman–Crippen LogP) is 4.19. The second kappa shape index (κ2) is 6.99. The van der Waals surface area contributed by atoms with Crippen molar-refractivity contribution in [3.63, 3.8) is 0 Å². The molecule has 6 heteroatoms. The normalized spacial score (nSPS) is 10.2. The van der Waals surface area contributed by atoms with Crippen molar-refractivity contribution >= 4 is 23.1 Å². The van der Waals surface area contributed by atoms with Gasteiger partial charge in [-0.1, -0.05) is 23.9 Å². The molecule has 0 amide bonds. The fraction of sp³-hybridized carbons (Fsp3) is 0.200. The number of rotatable bonds is 6. The van der Waals surface area contributed by atoms with Gasteiger partial charge in [0.25, 0.3) is 0 Å². The van der Waals surface area contributed by atoms with Gasteiger partial charge in [0, 0.05) is 11.4 Å². The molecular formula is C15H16N2O3S. The average Bonchev–Trinajstić information content (AvgIpc) is 2.47. The van der Waals surface area contributed by atoms with E-state index in [1.807, 2.05) is 37.3 Å². The Balaban J connectivity index is 2.38. The lowest BCUT2D eigenvalue weighted by Crippen LogP contribution is -2.02. The third-order valence-corrected chi connectivity index (χ3v) is 3.86. The molecule has 0 saturated carbocycles. The quantitative estimate of drug-likeness (QED) is 0.640. The molecular weight excluding hydrogens is 288 g/mol. The van der Waals surface area contributed by atoms with E-state index in [1.165, 1.54) is 11.8 Å². The Morgan fingerprint density at radius 2 is 2.05 bits per heavy atom. The molecule has 2 aromatic carbocycles. The number of benzene rings is 2. The summed E-state index contributed by atoms with van der Waals surface area (Å²) >= 11 is 1.35. The van der Waals surface area contributed by atoms with Gasteiger partial charge in [-0.25, -0.2) is 0 Å². The van der Waals surface area contributed by atoms with Crippen molar-refractivity contribution in [1.82, 2.24) is 0 Å². The highest BCUT2D eigenvalue weighted by molar-refractivity contribution is 7.99. The maximum Gasteiger partial charge on any atom is 0.306 e. The molecule has 0 aliphatic heterocycles. The molecule has 2 aromatic rings. The summed E-state index contributed by atoms with van der Waals surface area (Å²) in [5.74, 6) is 0.727. The molecule has 1 N–H and O–H groups in total. The van der Waals surface area contributed by atoms with Crippen molar-refractivity contribution in [2.75, 3.05) is 19.0 Å². The third kappa shape index (κ3) is 3.66. The van der Waals surface area contributed by atoms with Gasteiger partial charge in [0.1, 0.15) is 11.4 Å². The van der Waals surface area contributed by atoms with Crippen LogP contribution in [0.25, 0.3) is 0 Å². The van der Waals surface area contributed by atoms with Gasteiger partial charge < -0.3 is 10.1 Å². The van der Waals surface area contributed by atoms with Gasteiger partial charge in [-0.15, -0.1) is 0 Å². The average molecular weight is 304 g/mol. The van der Waals surface area contributed by atoms with Crippen LogP contribution in [0.2, 0.25) is 0 Å². The van der Waals surface area contributed by atoms with E-state index in [2.05, 4.69) is 5.32 Å². The maximum atomic E-state index is 11.4. The van der Waals surface area contributed by atoms with Crippen molar-refractivity contribution < 1.29 is 9.66 Å². The molecule has 0 saturated heterocycles. The number of anilines is 1.